The molecule has 4 nitrogen and oxygen atoms in total. The largest absolute Gasteiger partial charge is 0.425 e. The summed E-state index contributed by atoms with van der Waals surface area (Å²) < 4.78 is 5.38. The molecule has 2 rings (SSSR count). The minimum atomic E-state index is -1.12. The summed E-state index contributed by atoms with van der Waals surface area (Å²) in [6.45, 7) is 5.66. The first-order chi connectivity index (χ1) is 15.0. The molecule has 0 fully saturated rings. The lowest BCUT2D eigenvalue weighted by Crippen LogP contribution is -2.29. The van der Waals surface area contributed by atoms with E-state index in [4.69, 9.17) is 4.74 Å². The first kappa shape index (κ1) is 24.6. The Balaban J connectivity index is 1.81. The molecule has 166 valence electrons. The predicted octanol–water partition coefficient (Wildman–Crippen LogP) is 7.28. The molecule has 0 bridgehead atoms. The molecule has 0 aliphatic rings. The number of carbonyl (C=O) groups is 1. The van der Waals surface area contributed by atoms with Crippen molar-refractivity contribution in [1.82, 2.24) is 4.98 Å². The topological polar surface area (TPSA) is 63.0 Å². The number of nitriles is 1. The van der Waals surface area contributed by atoms with E-state index in [0.717, 1.165) is 17.7 Å². The van der Waals surface area contributed by atoms with E-state index in [1.807, 2.05) is 30.5 Å². The maximum Gasteiger partial charge on any atom is 0.331 e. The summed E-state index contributed by atoms with van der Waals surface area (Å²) in [4.78, 5) is 16.8. The molecule has 0 amide bonds. The smallest absolute Gasteiger partial charge is 0.331 e. The second-order valence-corrected chi connectivity index (χ2v) is 8.49. The van der Waals surface area contributed by atoms with Crippen LogP contribution in [0.25, 0.3) is 11.3 Å². The normalized spacial score (nSPS) is 12.7. The van der Waals surface area contributed by atoms with Crippen molar-refractivity contribution in [3.63, 3.8) is 0 Å². The maximum atomic E-state index is 12.2. The van der Waals surface area contributed by atoms with Crippen molar-refractivity contribution in [3.8, 4) is 23.1 Å². The Hall–Kier alpha value is -2.67. The standard InChI is InChI=1S/C27H36N2O2/c1-4-6-7-8-9-10-11-12-13-22-14-19-25(29-20-22)23-15-17-24(18-16-23)31-26(30)27(3,5-2)21-28/h14-20H,4-13H2,1-3H3. The number of ether oxygens (including phenoxy) is 1. The minimum Gasteiger partial charge on any atom is -0.425 e. The molecule has 0 radical (unpaired) electrons. The molecular weight excluding hydrogens is 384 g/mol. The van der Waals surface area contributed by atoms with Gasteiger partial charge in [-0.25, -0.2) is 4.79 Å². The molecule has 0 saturated heterocycles. The average molecular weight is 421 g/mol. The van der Waals surface area contributed by atoms with E-state index in [-0.39, 0.29) is 0 Å². The monoisotopic (exact) mass is 420 g/mol. The number of nitrogens with zero attached hydrogens (tertiary/aromatic N) is 2. The number of hydrogen-bond acceptors (Lipinski definition) is 4. The van der Waals surface area contributed by atoms with Gasteiger partial charge in [0.05, 0.1) is 11.8 Å². The van der Waals surface area contributed by atoms with E-state index in [2.05, 4.69) is 18.0 Å². The second-order valence-electron chi connectivity index (χ2n) is 8.49. The van der Waals surface area contributed by atoms with Gasteiger partial charge in [0, 0.05) is 11.8 Å². The fourth-order valence-electron chi connectivity index (χ4n) is 3.39. The number of rotatable bonds is 13. The molecular formula is C27H36N2O2. The van der Waals surface area contributed by atoms with E-state index < -0.39 is 11.4 Å². The van der Waals surface area contributed by atoms with Crippen molar-refractivity contribution in [1.29, 1.82) is 5.26 Å². The van der Waals surface area contributed by atoms with Crippen molar-refractivity contribution in [2.45, 2.75) is 85.0 Å². The van der Waals surface area contributed by atoms with Crippen LogP contribution in [0.15, 0.2) is 42.6 Å². The number of aromatic nitrogens is 1. The molecule has 1 atom stereocenters. The molecule has 1 aromatic heterocycles. The zero-order valence-corrected chi connectivity index (χ0v) is 19.3. The first-order valence-corrected chi connectivity index (χ1v) is 11.7. The molecule has 0 N–H and O–H groups in total. The number of hydrogen-bond donors (Lipinski definition) is 0. The van der Waals surface area contributed by atoms with E-state index in [9.17, 15) is 10.1 Å². The molecule has 0 spiro atoms. The number of pyridine rings is 1. The van der Waals surface area contributed by atoms with Crippen LogP contribution in [0.5, 0.6) is 5.75 Å². The van der Waals surface area contributed by atoms with Crippen molar-refractivity contribution in [3.05, 3.63) is 48.2 Å². The molecule has 0 saturated carbocycles. The van der Waals surface area contributed by atoms with Crippen LogP contribution in [0.3, 0.4) is 0 Å². The van der Waals surface area contributed by atoms with Crippen LogP contribution in [0.2, 0.25) is 0 Å². The molecule has 0 aliphatic carbocycles. The van der Waals surface area contributed by atoms with Gasteiger partial charge in [-0.2, -0.15) is 5.26 Å². The molecule has 1 heterocycles. The van der Waals surface area contributed by atoms with Gasteiger partial charge in [-0.3, -0.25) is 4.98 Å². The van der Waals surface area contributed by atoms with Crippen molar-refractivity contribution >= 4 is 5.97 Å². The quantitative estimate of drug-likeness (QED) is 0.194. The SMILES string of the molecule is CCCCCCCCCCc1ccc(-c2ccc(OC(=O)C(C)(C#N)CC)cc2)nc1. The Labute approximate surface area is 187 Å². The molecule has 31 heavy (non-hydrogen) atoms. The van der Waals surface area contributed by atoms with Crippen LogP contribution in [0, 0.1) is 16.7 Å². The van der Waals surface area contributed by atoms with Crippen molar-refractivity contribution < 1.29 is 9.53 Å². The van der Waals surface area contributed by atoms with E-state index in [1.54, 1.807) is 26.0 Å². The third kappa shape index (κ3) is 7.83. The predicted molar refractivity (Wildman–Crippen MR) is 126 cm³/mol. The lowest BCUT2D eigenvalue weighted by molar-refractivity contribution is -0.141. The Morgan fingerprint density at radius 3 is 2.16 bits per heavy atom. The van der Waals surface area contributed by atoms with Gasteiger partial charge in [0.1, 0.15) is 5.75 Å². The van der Waals surface area contributed by atoms with E-state index >= 15 is 0 Å². The highest BCUT2D eigenvalue weighted by molar-refractivity contribution is 5.81. The van der Waals surface area contributed by atoms with Gasteiger partial charge in [-0.05, 0) is 62.1 Å². The maximum absolute atomic E-state index is 12.2. The fourth-order valence-corrected chi connectivity index (χ4v) is 3.39. The Morgan fingerprint density at radius 2 is 1.61 bits per heavy atom. The summed E-state index contributed by atoms with van der Waals surface area (Å²) in [5, 5.41) is 9.21. The number of unbranched alkanes of at least 4 members (excludes halogenated alkanes) is 7. The number of benzene rings is 1. The van der Waals surface area contributed by atoms with Crippen LogP contribution in [0.1, 0.15) is 84.1 Å². The zero-order valence-electron chi connectivity index (χ0n) is 19.3. The molecule has 2 aromatic rings. The van der Waals surface area contributed by atoms with Crippen LogP contribution >= 0.6 is 0 Å². The van der Waals surface area contributed by atoms with Gasteiger partial charge in [0.15, 0.2) is 5.41 Å². The summed E-state index contributed by atoms with van der Waals surface area (Å²) in [7, 11) is 0. The number of aryl methyl sites for hydroxylation is 1. The van der Waals surface area contributed by atoms with Crippen molar-refractivity contribution in [2.75, 3.05) is 0 Å². The third-order valence-electron chi connectivity index (χ3n) is 5.91. The zero-order chi connectivity index (χ0) is 22.5. The van der Waals surface area contributed by atoms with Crippen LogP contribution < -0.4 is 4.74 Å². The van der Waals surface area contributed by atoms with Gasteiger partial charge in [0.25, 0.3) is 0 Å². The minimum absolute atomic E-state index is 0.412. The summed E-state index contributed by atoms with van der Waals surface area (Å²) >= 11 is 0. The lowest BCUT2D eigenvalue weighted by Gasteiger charge is -2.17. The summed E-state index contributed by atoms with van der Waals surface area (Å²) in [6, 6.07) is 13.5. The summed E-state index contributed by atoms with van der Waals surface area (Å²) in [6.07, 6.45) is 14.1. The fraction of sp³-hybridized carbons (Fsp3) is 0.519. The van der Waals surface area contributed by atoms with Gasteiger partial charge >= 0.3 is 5.97 Å². The molecule has 1 aromatic carbocycles. The average Bonchev–Trinajstić information content (AvgIpc) is 2.81. The highest BCUT2D eigenvalue weighted by Crippen LogP contribution is 2.26. The van der Waals surface area contributed by atoms with Gasteiger partial charge in [-0.15, -0.1) is 0 Å². The second kappa shape index (κ2) is 12.9. The lowest BCUT2D eigenvalue weighted by atomic mass is 9.90. The first-order valence-electron chi connectivity index (χ1n) is 11.7. The van der Waals surface area contributed by atoms with E-state index in [1.165, 1.54) is 56.9 Å². The van der Waals surface area contributed by atoms with Gasteiger partial charge in [-0.1, -0.05) is 64.9 Å². The highest BCUT2D eigenvalue weighted by atomic mass is 16.5. The molecule has 4 heteroatoms. The van der Waals surface area contributed by atoms with Crippen molar-refractivity contribution in [2.24, 2.45) is 5.41 Å². The Kier molecular flexibility index (Phi) is 10.2. The van der Waals surface area contributed by atoms with Crippen LogP contribution in [-0.2, 0) is 11.2 Å². The van der Waals surface area contributed by atoms with E-state index in [0.29, 0.717) is 12.2 Å². The van der Waals surface area contributed by atoms with Crippen LogP contribution in [-0.4, -0.2) is 11.0 Å². The van der Waals surface area contributed by atoms with Gasteiger partial charge in [0.2, 0.25) is 0 Å². The summed E-state index contributed by atoms with van der Waals surface area (Å²) in [5.74, 6) is -0.0799. The van der Waals surface area contributed by atoms with Gasteiger partial charge < -0.3 is 4.74 Å². The number of esters is 1. The highest BCUT2D eigenvalue weighted by Gasteiger charge is 2.33. The molecule has 0 aliphatic heterocycles. The van der Waals surface area contributed by atoms with Crippen LogP contribution in [0.4, 0.5) is 0 Å². The number of carbonyl (C=O) groups excluding carboxylic acids is 1. The summed E-state index contributed by atoms with van der Waals surface area (Å²) in [5.41, 5.74) is 2.02. The molecule has 1 unspecified atom stereocenters. The third-order valence-corrected chi connectivity index (χ3v) is 5.91. The Morgan fingerprint density at radius 1 is 0.968 bits per heavy atom. The Bertz CT molecular complexity index is 837.